The summed E-state index contributed by atoms with van der Waals surface area (Å²) < 4.78 is 5.22. The molecule has 0 unspecified atom stereocenters. The third-order valence-corrected chi connectivity index (χ3v) is 2.09. The van der Waals surface area contributed by atoms with Gasteiger partial charge in [0.15, 0.2) is 5.75 Å². The molecule has 0 aliphatic rings. The molecule has 1 rings (SSSR count). The lowest BCUT2D eigenvalue weighted by molar-refractivity contribution is 0.281. The molecule has 0 aliphatic carbocycles. The first kappa shape index (κ1) is 10.6. The standard InChI is InChI=1S/C9H10Cl2O2/c1-2-13-9-7(10)3-6(5-12)4-8(9)11/h3-4,12H,2,5H2,1H3. The molecule has 2 nitrogen and oxygen atoms in total. The Hall–Kier alpha value is -0.440. The van der Waals surface area contributed by atoms with E-state index in [-0.39, 0.29) is 6.61 Å². The molecule has 0 radical (unpaired) electrons. The Morgan fingerprint density at radius 2 is 1.85 bits per heavy atom. The highest BCUT2D eigenvalue weighted by Crippen LogP contribution is 2.34. The maximum Gasteiger partial charge on any atom is 0.156 e. The van der Waals surface area contributed by atoms with Crippen LogP contribution in [0.4, 0.5) is 0 Å². The predicted molar refractivity (Wildman–Crippen MR) is 53.6 cm³/mol. The molecule has 72 valence electrons. The minimum atomic E-state index is -0.0775. The molecule has 0 atom stereocenters. The van der Waals surface area contributed by atoms with E-state index in [1.165, 1.54) is 0 Å². The minimum absolute atomic E-state index is 0.0775. The minimum Gasteiger partial charge on any atom is -0.491 e. The van der Waals surface area contributed by atoms with Crippen molar-refractivity contribution >= 4 is 23.2 Å². The third-order valence-electron chi connectivity index (χ3n) is 1.53. The van der Waals surface area contributed by atoms with Crippen LogP contribution in [0.25, 0.3) is 0 Å². The molecule has 0 bridgehead atoms. The average Bonchev–Trinajstić information content (AvgIpc) is 2.11. The maximum absolute atomic E-state index is 8.85. The van der Waals surface area contributed by atoms with Crippen molar-refractivity contribution in [3.05, 3.63) is 27.7 Å². The van der Waals surface area contributed by atoms with Gasteiger partial charge in [0.05, 0.1) is 23.3 Å². The number of hydrogen-bond acceptors (Lipinski definition) is 2. The van der Waals surface area contributed by atoms with Gasteiger partial charge in [-0.15, -0.1) is 0 Å². The van der Waals surface area contributed by atoms with E-state index in [1.807, 2.05) is 6.92 Å². The van der Waals surface area contributed by atoms with E-state index in [0.29, 0.717) is 28.0 Å². The van der Waals surface area contributed by atoms with Gasteiger partial charge in [0, 0.05) is 0 Å². The molecule has 0 amide bonds. The number of benzene rings is 1. The van der Waals surface area contributed by atoms with Crippen LogP contribution in [0.15, 0.2) is 12.1 Å². The molecular formula is C9H10Cl2O2. The smallest absolute Gasteiger partial charge is 0.156 e. The summed E-state index contributed by atoms with van der Waals surface area (Å²) >= 11 is 11.7. The van der Waals surface area contributed by atoms with Crippen LogP contribution in [-0.2, 0) is 6.61 Å². The highest BCUT2D eigenvalue weighted by molar-refractivity contribution is 6.37. The van der Waals surface area contributed by atoms with Gasteiger partial charge in [-0.05, 0) is 24.6 Å². The van der Waals surface area contributed by atoms with Gasteiger partial charge in [-0.1, -0.05) is 23.2 Å². The fourth-order valence-electron chi connectivity index (χ4n) is 0.986. The first-order valence-corrected chi connectivity index (χ1v) is 4.66. The highest BCUT2D eigenvalue weighted by atomic mass is 35.5. The van der Waals surface area contributed by atoms with E-state index < -0.39 is 0 Å². The maximum atomic E-state index is 8.85. The topological polar surface area (TPSA) is 29.5 Å². The molecule has 0 saturated heterocycles. The summed E-state index contributed by atoms with van der Waals surface area (Å²) in [5.41, 5.74) is 0.679. The molecular weight excluding hydrogens is 211 g/mol. The molecule has 0 heterocycles. The number of aliphatic hydroxyl groups excluding tert-OH is 1. The van der Waals surface area contributed by atoms with Crippen molar-refractivity contribution < 1.29 is 9.84 Å². The second-order valence-electron chi connectivity index (χ2n) is 2.48. The van der Waals surface area contributed by atoms with Crippen molar-refractivity contribution in [2.24, 2.45) is 0 Å². The van der Waals surface area contributed by atoms with Gasteiger partial charge in [0.1, 0.15) is 0 Å². The van der Waals surface area contributed by atoms with Gasteiger partial charge in [-0.2, -0.15) is 0 Å². The number of rotatable bonds is 3. The van der Waals surface area contributed by atoms with Crippen LogP contribution < -0.4 is 4.74 Å². The van der Waals surface area contributed by atoms with Crippen molar-refractivity contribution in [3.8, 4) is 5.75 Å². The summed E-state index contributed by atoms with van der Waals surface area (Å²) in [6, 6.07) is 3.27. The van der Waals surface area contributed by atoms with Crippen molar-refractivity contribution in [2.75, 3.05) is 6.61 Å². The van der Waals surface area contributed by atoms with Gasteiger partial charge in [-0.25, -0.2) is 0 Å². The second kappa shape index (κ2) is 4.70. The van der Waals surface area contributed by atoms with Crippen LogP contribution in [0.5, 0.6) is 5.75 Å². The van der Waals surface area contributed by atoms with Gasteiger partial charge in [0.2, 0.25) is 0 Å². The van der Waals surface area contributed by atoms with Gasteiger partial charge >= 0.3 is 0 Å². The summed E-state index contributed by atoms with van der Waals surface area (Å²) in [5, 5.41) is 9.71. The average molecular weight is 221 g/mol. The molecule has 13 heavy (non-hydrogen) atoms. The van der Waals surface area contributed by atoms with E-state index in [1.54, 1.807) is 12.1 Å². The lowest BCUT2D eigenvalue weighted by Crippen LogP contribution is -1.94. The molecule has 4 heteroatoms. The van der Waals surface area contributed by atoms with Crippen molar-refractivity contribution in [1.82, 2.24) is 0 Å². The fourth-order valence-corrected chi connectivity index (χ4v) is 1.63. The summed E-state index contributed by atoms with van der Waals surface area (Å²) in [4.78, 5) is 0. The lowest BCUT2D eigenvalue weighted by Gasteiger charge is -2.08. The Kier molecular flexibility index (Phi) is 3.85. The zero-order valence-electron chi connectivity index (χ0n) is 7.18. The zero-order valence-corrected chi connectivity index (χ0v) is 8.69. The lowest BCUT2D eigenvalue weighted by atomic mass is 10.2. The molecule has 0 fully saturated rings. The second-order valence-corrected chi connectivity index (χ2v) is 3.29. The first-order chi connectivity index (χ1) is 6.19. The zero-order chi connectivity index (χ0) is 9.84. The quantitative estimate of drug-likeness (QED) is 0.850. The third kappa shape index (κ3) is 2.50. The Bertz CT molecular complexity index is 277. The normalized spacial score (nSPS) is 10.2. The van der Waals surface area contributed by atoms with Gasteiger partial charge in [-0.3, -0.25) is 0 Å². The number of ether oxygens (including phenoxy) is 1. The Morgan fingerprint density at radius 3 is 2.23 bits per heavy atom. The van der Waals surface area contributed by atoms with E-state index in [9.17, 15) is 0 Å². The predicted octanol–water partition coefficient (Wildman–Crippen LogP) is 2.88. The summed E-state index contributed by atoms with van der Waals surface area (Å²) in [5.74, 6) is 0.475. The van der Waals surface area contributed by atoms with E-state index in [2.05, 4.69) is 0 Å². The van der Waals surface area contributed by atoms with Crippen LogP contribution in [0.2, 0.25) is 10.0 Å². The van der Waals surface area contributed by atoms with Crippen LogP contribution in [-0.4, -0.2) is 11.7 Å². The van der Waals surface area contributed by atoms with E-state index >= 15 is 0 Å². The van der Waals surface area contributed by atoms with Crippen LogP contribution in [0.3, 0.4) is 0 Å². The van der Waals surface area contributed by atoms with E-state index in [4.69, 9.17) is 33.0 Å². The Balaban J connectivity index is 3.07. The van der Waals surface area contributed by atoms with Crippen LogP contribution in [0, 0.1) is 0 Å². The SMILES string of the molecule is CCOc1c(Cl)cc(CO)cc1Cl. The van der Waals surface area contributed by atoms with Crippen LogP contribution >= 0.6 is 23.2 Å². The monoisotopic (exact) mass is 220 g/mol. The molecule has 0 spiro atoms. The Labute approximate surface area is 87.0 Å². The first-order valence-electron chi connectivity index (χ1n) is 3.90. The summed E-state index contributed by atoms with van der Waals surface area (Å²) in [7, 11) is 0. The van der Waals surface area contributed by atoms with Gasteiger partial charge < -0.3 is 9.84 Å². The Morgan fingerprint density at radius 1 is 1.31 bits per heavy atom. The molecule has 1 aromatic carbocycles. The van der Waals surface area contributed by atoms with Crippen molar-refractivity contribution in [1.29, 1.82) is 0 Å². The highest BCUT2D eigenvalue weighted by Gasteiger charge is 2.08. The number of halogens is 2. The molecule has 0 saturated carbocycles. The number of hydrogen-bond donors (Lipinski definition) is 1. The largest absolute Gasteiger partial charge is 0.491 e. The van der Waals surface area contributed by atoms with Gasteiger partial charge in [0.25, 0.3) is 0 Å². The summed E-state index contributed by atoms with van der Waals surface area (Å²) in [6.07, 6.45) is 0. The molecule has 1 N–H and O–H groups in total. The van der Waals surface area contributed by atoms with Crippen molar-refractivity contribution in [2.45, 2.75) is 13.5 Å². The number of aliphatic hydroxyl groups is 1. The fraction of sp³-hybridized carbons (Fsp3) is 0.333. The van der Waals surface area contributed by atoms with Crippen LogP contribution in [0.1, 0.15) is 12.5 Å². The van der Waals surface area contributed by atoms with E-state index in [0.717, 1.165) is 0 Å². The molecule has 0 aliphatic heterocycles. The van der Waals surface area contributed by atoms with Crippen molar-refractivity contribution in [3.63, 3.8) is 0 Å². The molecule has 1 aromatic rings. The summed E-state index contributed by atoms with van der Waals surface area (Å²) in [6.45, 7) is 2.29. The molecule has 0 aromatic heterocycles.